The molecule has 0 saturated heterocycles. The number of nitrogens with one attached hydrogen (secondary N) is 1. The fraction of sp³-hybridized carbons (Fsp3) is 0.200. The van der Waals surface area contributed by atoms with E-state index in [0.717, 1.165) is 11.1 Å². The first-order chi connectivity index (χ1) is 13.5. The van der Waals surface area contributed by atoms with Crippen molar-refractivity contribution in [3.05, 3.63) is 48.3 Å². The largest absolute Gasteiger partial charge is 0.497 e. The molecular formula is C20H18N4O4. The summed E-state index contributed by atoms with van der Waals surface area (Å²) in [6.07, 6.45) is 0. The number of ether oxygens (including phenoxy) is 2. The highest BCUT2D eigenvalue weighted by atomic mass is 16.5. The Hall–Kier alpha value is -3.68. The molecule has 8 heteroatoms. The highest BCUT2D eigenvalue weighted by molar-refractivity contribution is 6.05. The Morgan fingerprint density at radius 3 is 2.82 bits per heavy atom. The van der Waals surface area contributed by atoms with Gasteiger partial charge >= 0.3 is 5.97 Å². The zero-order valence-electron chi connectivity index (χ0n) is 15.4. The van der Waals surface area contributed by atoms with E-state index >= 15 is 0 Å². The highest BCUT2D eigenvalue weighted by Gasteiger charge is 2.26. The van der Waals surface area contributed by atoms with Crippen molar-refractivity contribution in [2.75, 3.05) is 23.9 Å². The van der Waals surface area contributed by atoms with Gasteiger partial charge in [-0.25, -0.2) is 9.97 Å². The Balaban J connectivity index is 1.86. The average molecular weight is 378 g/mol. The van der Waals surface area contributed by atoms with Gasteiger partial charge in [0, 0.05) is 18.4 Å². The third-order valence-electron chi connectivity index (χ3n) is 4.36. The molecule has 1 aliphatic rings. The summed E-state index contributed by atoms with van der Waals surface area (Å²) in [5, 5.41) is 3.66. The van der Waals surface area contributed by atoms with Crippen molar-refractivity contribution in [3.8, 4) is 5.75 Å². The molecule has 1 aromatic heterocycles. The number of fused-ring (bicyclic) bond motifs is 2. The van der Waals surface area contributed by atoms with Gasteiger partial charge in [0.1, 0.15) is 18.1 Å². The standard InChI is InChI=1S/C20H18N4O4/c1-12(25)28-11-18-21-15-6-4-3-5-14(15)20(23-18)24-10-19(26)22-16-9-13(27-2)7-8-17(16)24/h3-9H,10-11H2,1-2H3,(H,22,26). The molecule has 2 heterocycles. The Kier molecular flexibility index (Phi) is 4.52. The summed E-state index contributed by atoms with van der Waals surface area (Å²) in [5.74, 6) is 1.01. The van der Waals surface area contributed by atoms with Gasteiger partial charge in [-0.2, -0.15) is 0 Å². The molecule has 0 radical (unpaired) electrons. The lowest BCUT2D eigenvalue weighted by atomic mass is 10.1. The molecule has 1 amide bonds. The molecule has 0 fully saturated rings. The van der Waals surface area contributed by atoms with Crippen LogP contribution < -0.4 is 15.0 Å². The number of hydrogen-bond acceptors (Lipinski definition) is 7. The van der Waals surface area contributed by atoms with Crippen molar-refractivity contribution < 1.29 is 19.1 Å². The lowest BCUT2D eigenvalue weighted by molar-refractivity contribution is -0.142. The Morgan fingerprint density at radius 1 is 1.21 bits per heavy atom. The molecule has 0 unspecified atom stereocenters. The van der Waals surface area contributed by atoms with E-state index in [1.165, 1.54) is 6.92 Å². The number of anilines is 3. The lowest BCUT2D eigenvalue weighted by Gasteiger charge is -2.31. The normalized spacial score (nSPS) is 13.1. The molecular weight excluding hydrogens is 360 g/mol. The smallest absolute Gasteiger partial charge is 0.303 e. The number of aromatic nitrogens is 2. The van der Waals surface area contributed by atoms with Gasteiger partial charge in [-0.3, -0.25) is 9.59 Å². The quantitative estimate of drug-likeness (QED) is 0.698. The van der Waals surface area contributed by atoms with E-state index in [-0.39, 0.29) is 19.1 Å². The molecule has 0 bridgehead atoms. The van der Waals surface area contributed by atoms with E-state index in [9.17, 15) is 9.59 Å². The zero-order valence-corrected chi connectivity index (χ0v) is 15.4. The average Bonchev–Trinajstić information content (AvgIpc) is 2.70. The number of methoxy groups -OCH3 is 1. The SMILES string of the molecule is COc1ccc2c(c1)NC(=O)CN2c1nc(COC(C)=O)nc2ccccc12. The van der Waals surface area contributed by atoms with Crippen molar-refractivity contribution in [2.45, 2.75) is 13.5 Å². The number of benzene rings is 2. The number of carbonyl (C=O) groups excluding carboxylic acids is 2. The fourth-order valence-electron chi connectivity index (χ4n) is 3.13. The summed E-state index contributed by atoms with van der Waals surface area (Å²) in [5.41, 5.74) is 2.14. The second-order valence-electron chi connectivity index (χ2n) is 6.28. The van der Waals surface area contributed by atoms with E-state index in [2.05, 4.69) is 15.3 Å². The highest BCUT2D eigenvalue weighted by Crippen LogP contribution is 2.38. The molecule has 4 rings (SSSR count). The number of nitrogens with zero attached hydrogens (tertiary/aromatic N) is 3. The van der Waals surface area contributed by atoms with E-state index in [1.54, 1.807) is 13.2 Å². The minimum Gasteiger partial charge on any atom is -0.497 e. The van der Waals surface area contributed by atoms with Crippen molar-refractivity contribution >= 4 is 40.0 Å². The predicted molar refractivity (Wildman–Crippen MR) is 104 cm³/mol. The third-order valence-corrected chi connectivity index (χ3v) is 4.36. The Bertz CT molecular complexity index is 1080. The van der Waals surface area contributed by atoms with Gasteiger partial charge in [0.15, 0.2) is 12.4 Å². The van der Waals surface area contributed by atoms with E-state index < -0.39 is 5.97 Å². The van der Waals surface area contributed by atoms with Crippen LogP contribution in [0.2, 0.25) is 0 Å². The molecule has 0 aliphatic carbocycles. The Labute approximate surface area is 161 Å². The minimum absolute atomic E-state index is 0.0390. The maximum atomic E-state index is 12.3. The van der Waals surface area contributed by atoms with Gasteiger partial charge in [-0.15, -0.1) is 0 Å². The van der Waals surface area contributed by atoms with Gasteiger partial charge in [-0.1, -0.05) is 12.1 Å². The first-order valence-electron chi connectivity index (χ1n) is 8.69. The van der Waals surface area contributed by atoms with Crippen LogP contribution in [-0.4, -0.2) is 35.5 Å². The van der Waals surface area contributed by atoms with Gasteiger partial charge in [0.25, 0.3) is 0 Å². The molecule has 0 saturated carbocycles. The van der Waals surface area contributed by atoms with Crippen LogP contribution >= 0.6 is 0 Å². The summed E-state index contributed by atoms with van der Waals surface area (Å²) in [6.45, 7) is 1.40. The van der Waals surface area contributed by atoms with Crippen LogP contribution in [0.3, 0.4) is 0 Å². The molecule has 0 atom stereocenters. The van der Waals surface area contributed by atoms with Crippen LogP contribution in [-0.2, 0) is 20.9 Å². The maximum absolute atomic E-state index is 12.3. The fourth-order valence-corrected chi connectivity index (χ4v) is 3.13. The van der Waals surface area contributed by atoms with Crippen LogP contribution in [0.25, 0.3) is 10.9 Å². The number of esters is 1. The van der Waals surface area contributed by atoms with Crippen molar-refractivity contribution in [1.82, 2.24) is 9.97 Å². The van der Waals surface area contributed by atoms with Crippen molar-refractivity contribution in [2.24, 2.45) is 0 Å². The van der Waals surface area contributed by atoms with Gasteiger partial charge in [0.05, 0.1) is 24.0 Å². The number of amides is 1. The maximum Gasteiger partial charge on any atom is 0.303 e. The number of para-hydroxylation sites is 1. The molecule has 8 nitrogen and oxygen atoms in total. The summed E-state index contributed by atoms with van der Waals surface area (Å²) in [7, 11) is 1.57. The molecule has 0 spiro atoms. The van der Waals surface area contributed by atoms with Gasteiger partial charge < -0.3 is 19.7 Å². The van der Waals surface area contributed by atoms with Crippen molar-refractivity contribution in [1.29, 1.82) is 0 Å². The van der Waals surface area contributed by atoms with Crippen LogP contribution in [0.5, 0.6) is 5.75 Å². The summed E-state index contributed by atoms with van der Waals surface area (Å²) in [6, 6.07) is 13.0. The lowest BCUT2D eigenvalue weighted by Crippen LogP contribution is -2.35. The van der Waals surface area contributed by atoms with E-state index in [1.807, 2.05) is 41.3 Å². The zero-order chi connectivity index (χ0) is 19.7. The van der Waals surface area contributed by atoms with Crippen LogP contribution in [0.4, 0.5) is 17.2 Å². The second kappa shape index (κ2) is 7.15. The molecule has 28 heavy (non-hydrogen) atoms. The molecule has 1 N–H and O–H groups in total. The Morgan fingerprint density at radius 2 is 2.04 bits per heavy atom. The van der Waals surface area contributed by atoms with E-state index in [0.29, 0.717) is 28.6 Å². The molecule has 2 aromatic carbocycles. The monoisotopic (exact) mass is 378 g/mol. The molecule has 3 aromatic rings. The van der Waals surface area contributed by atoms with E-state index in [4.69, 9.17) is 9.47 Å². The second-order valence-corrected chi connectivity index (χ2v) is 6.28. The summed E-state index contributed by atoms with van der Waals surface area (Å²) in [4.78, 5) is 34.4. The minimum atomic E-state index is -0.409. The number of rotatable bonds is 4. The first kappa shape index (κ1) is 17.7. The molecule has 142 valence electrons. The molecule has 1 aliphatic heterocycles. The first-order valence-corrected chi connectivity index (χ1v) is 8.69. The van der Waals surface area contributed by atoms with Crippen LogP contribution in [0, 0.1) is 0 Å². The topological polar surface area (TPSA) is 93.6 Å². The number of carbonyl (C=O) groups is 2. The summed E-state index contributed by atoms with van der Waals surface area (Å²) >= 11 is 0. The van der Waals surface area contributed by atoms with Crippen molar-refractivity contribution in [3.63, 3.8) is 0 Å². The third kappa shape index (κ3) is 3.32. The summed E-state index contributed by atoms with van der Waals surface area (Å²) < 4.78 is 10.3. The van der Waals surface area contributed by atoms with Gasteiger partial charge in [0.2, 0.25) is 5.91 Å². The van der Waals surface area contributed by atoms with Gasteiger partial charge in [-0.05, 0) is 24.3 Å². The van der Waals surface area contributed by atoms with Crippen LogP contribution in [0.15, 0.2) is 42.5 Å². The van der Waals surface area contributed by atoms with Crippen LogP contribution in [0.1, 0.15) is 12.7 Å². The number of hydrogen-bond donors (Lipinski definition) is 1. The predicted octanol–water partition coefficient (Wildman–Crippen LogP) is 2.79.